The van der Waals surface area contributed by atoms with Gasteiger partial charge in [-0.25, -0.2) is 4.18 Å². The summed E-state index contributed by atoms with van der Waals surface area (Å²) in [4.78, 5) is 9.86. The largest absolute Gasteiger partial charge is 0.481 e. The van der Waals surface area contributed by atoms with Gasteiger partial charge in [-0.1, -0.05) is 0 Å². The molecule has 66 valence electrons. The van der Waals surface area contributed by atoms with Gasteiger partial charge in [0.2, 0.25) is 0 Å². The summed E-state index contributed by atoms with van der Waals surface area (Å²) in [5.41, 5.74) is 0. The number of aliphatic carboxylic acids is 1. The smallest absolute Gasteiger partial charge is 0.399 e. The minimum absolute atomic E-state index is 0.372. The molecule has 0 aromatic heterocycles. The van der Waals surface area contributed by atoms with Crippen molar-refractivity contribution in [2.75, 3.05) is 13.7 Å². The predicted octanol–water partition coefficient (Wildman–Crippen LogP) is -0.631. The van der Waals surface area contributed by atoms with Crippen molar-refractivity contribution in [1.29, 1.82) is 0 Å². The summed E-state index contributed by atoms with van der Waals surface area (Å²) in [6.07, 6.45) is -0.372. The SMILES string of the molecule is COS(=O)(=O)OCCC(=O)O. The molecule has 0 aliphatic heterocycles. The van der Waals surface area contributed by atoms with Gasteiger partial charge in [0.25, 0.3) is 0 Å². The van der Waals surface area contributed by atoms with Gasteiger partial charge < -0.3 is 5.11 Å². The van der Waals surface area contributed by atoms with Gasteiger partial charge in [0.05, 0.1) is 20.1 Å². The minimum Gasteiger partial charge on any atom is -0.481 e. The first-order chi connectivity index (χ1) is 4.98. The fourth-order valence-corrected chi connectivity index (χ4v) is 0.663. The first-order valence-electron chi connectivity index (χ1n) is 2.64. The van der Waals surface area contributed by atoms with Crippen molar-refractivity contribution in [3.8, 4) is 0 Å². The van der Waals surface area contributed by atoms with Gasteiger partial charge >= 0.3 is 16.4 Å². The molecule has 0 fully saturated rings. The number of hydrogen-bond acceptors (Lipinski definition) is 5. The number of rotatable bonds is 5. The molecule has 0 aromatic rings. The van der Waals surface area contributed by atoms with Gasteiger partial charge in [0.15, 0.2) is 0 Å². The van der Waals surface area contributed by atoms with Crippen LogP contribution in [0.15, 0.2) is 0 Å². The molecular weight excluding hydrogens is 176 g/mol. The zero-order valence-electron chi connectivity index (χ0n) is 5.81. The topological polar surface area (TPSA) is 89.9 Å². The summed E-state index contributed by atoms with van der Waals surface area (Å²) in [6.45, 7) is -0.411. The summed E-state index contributed by atoms with van der Waals surface area (Å²) < 4.78 is 28.6. The minimum atomic E-state index is -3.98. The van der Waals surface area contributed by atoms with Crippen LogP contribution in [0.1, 0.15) is 6.42 Å². The summed E-state index contributed by atoms with van der Waals surface area (Å²) in [6, 6.07) is 0. The van der Waals surface area contributed by atoms with Gasteiger partial charge in [-0.15, -0.1) is 0 Å². The Kier molecular flexibility index (Phi) is 4.01. The Labute approximate surface area is 64.1 Å². The van der Waals surface area contributed by atoms with Crippen molar-refractivity contribution in [3.05, 3.63) is 0 Å². The van der Waals surface area contributed by atoms with E-state index in [-0.39, 0.29) is 6.42 Å². The van der Waals surface area contributed by atoms with E-state index < -0.39 is 23.0 Å². The Hall–Kier alpha value is -0.660. The molecule has 0 unspecified atom stereocenters. The maximum Gasteiger partial charge on any atom is 0.399 e. The van der Waals surface area contributed by atoms with Crippen molar-refractivity contribution in [2.24, 2.45) is 0 Å². The summed E-state index contributed by atoms with van der Waals surface area (Å²) in [7, 11) is -3.05. The van der Waals surface area contributed by atoms with Gasteiger partial charge in [0, 0.05) is 0 Å². The number of carbonyl (C=O) groups is 1. The molecule has 0 radical (unpaired) electrons. The van der Waals surface area contributed by atoms with Crippen LogP contribution in [0, 0.1) is 0 Å². The lowest BCUT2D eigenvalue weighted by Gasteiger charge is -1.98. The predicted molar refractivity (Wildman–Crippen MR) is 34.1 cm³/mol. The summed E-state index contributed by atoms with van der Waals surface area (Å²) in [5.74, 6) is -1.13. The zero-order valence-corrected chi connectivity index (χ0v) is 6.63. The summed E-state index contributed by atoms with van der Waals surface area (Å²) >= 11 is 0. The molecule has 0 bridgehead atoms. The van der Waals surface area contributed by atoms with Crippen molar-refractivity contribution < 1.29 is 26.7 Å². The van der Waals surface area contributed by atoms with E-state index in [1.54, 1.807) is 0 Å². The van der Waals surface area contributed by atoms with Crippen LogP contribution in [0.2, 0.25) is 0 Å². The van der Waals surface area contributed by atoms with E-state index >= 15 is 0 Å². The maximum atomic E-state index is 10.3. The molecule has 0 saturated heterocycles. The van der Waals surface area contributed by atoms with Gasteiger partial charge in [0.1, 0.15) is 0 Å². The van der Waals surface area contributed by atoms with E-state index in [9.17, 15) is 13.2 Å². The first kappa shape index (κ1) is 10.3. The van der Waals surface area contributed by atoms with Crippen LogP contribution in [-0.4, -0.2) is 33.2 Å². The maximum absolute atomic E-state index is 10.3. The third kappa shape index (κ3) is 5.77. The Morgan fingerprint density at radius 2 is 2.09 bits per heavy atom. The molecule has 0 spiro atoms. The lowest BCUT2D eigenvalue weighted by molar-refractivity contribution is -0.137. The zero-order chi connectivity index (χ0) is 8.91. The first-order valence-corrected chi connectivity index (χ1v) is 3.98. The van der Waals surface area contributed by atoms with E-state index in [4.69, 9.17) is 5.11 Å². The highest BCUT2D eigenvalue weighted by Crippen LogP contribution is 1.94. The lowest BCUT2D eigenvalue weighted by atomic mass is 10.5. The van der Waals surface area contributed by atoms with E-state index in [1.165, 1.54) is 0 Å². The standard InChI is InChI=1S/C4H8O6S/c1-9-11(7,8)10-3-2-4(5)6/h2-3H2,1H3,(H,5,6). The quantitative estimate of drug-likeness (QED) is 0.611. The summed E-state index contributed by atoms with van der Waals surface area (Å²) in [5, 5.41) is 8.07. The van der Waals surface area contributed by atoms with Crippen molar-refractivity contribution in [2.45, 2.75) is 6.42 Å². The van der Waals surface area contributed by atoms with Gasteiger partial charge in [-0.2, -0.15) is 8.42 Å². The van der Waals surface area contributed by atoms with Crippen LogP contribution >= 0.6 is 0 Å². The Morgan fingerprint density at radius 3 is 2.45 bits per heavy atom. The monoisotopic (exact) mass is 184 g/mol. The second-order valence-electron chi connectivity index (χ2n) is 1.54. The third-order valence-corrected chi connectivity index (χ3v) is 1.61. The molecule has 0 aromatic carbocycles. The fraction of sp³-hybridized carbons (Fsp3) is 0.750. The molecule has 11 heavy (non-hydrogen) atoms. The highest BCUT2D eigenvalue weighted by molar-refractivity contribution is 7.81. The Bertz CT molecular complexity index is 217. The fourth-order valence-electron chi connectivity index (χ4n) is 0.279. The second-order valence-corrected chi connectivity index (χ2v) is 2.93. The Morgan fingerprint density at radius 1 is 1.55 bits per heavy atom. The highest BCUT2D eigenvalue weighted by atomic mass is 32.3. The van der Waals surface area contributed by atoms with Crippen LogP contribution in [0.3, 0.4) is 0 Å². The van der Waals surface area contributed by atoms with Crippen LogP contribution in [0.4, 0.5) is 0 Å². The van der Waals surface area contributed by atoms with E-state index in [2.05, 4.69) is 8.37 Å². The van der Waals surface area contributed by atoms with Crippen LogP contribution in [-0.2, 0) is 23.6 Å². The number of carboxylic acid groups (broad SMARTS) is 1. The van der Waals surface area contributed by atoms with Gasteiger partial charge in [-0.05, 0) is 0 Å². The molecule has 0 aliphatic carbocycles. The van der Waals surface area contributed by atoms with Gasteiger partial charge in [-0.3, -0.25) is 8.98 Å². The van der Waals surface area contributed by atoms with E-state index in [0.29, 0.717) is 0 Å². The molecule has 1 N–H and O–H groups in total. The number of hydrogen-bond donors (Lipinski definition) is 1. The molecule has 0 heterocycles. The van der Waals surface area contributed by atoms with Crippen LogP contribution < -0.4 is 0 Å². The Balaban J connectivity index is 3.63. The molecule has 0 aliphatic rings. The van der Waals surface area contributed by atoms with Crippen molar-refractivity contribution in [1.82, 2.24) is 0 Å². The molecule has 0 saturated carbocycles. The molecule has 7 heteroatoms. The highest BCUT2D eigenvalue weighted by Gasteiger charge is 2.09. The normalized spacial score (nSPS) is 11.4. The van der Waals surface area contributed by atoms with Crippen LogP contribution in [0.25, 0.3) is 0 Å². The molecule has 0 atom stereocenters. The van der Waals surface area contributed by atoms with E-state index in [1.807, 2.05) is 0 Å². The average Bonchev–Trinajstić information content (AvgIpc) is 1.87. The van der Waals surface area contributed by atoms with Crippen LogP contribution in [0.5, 0.6) is 0 Å². The number of carboxylic acids is 1. The molecule has 6 nitrogen and oxygen atoms in total. The van der Waals surface area contributed by atoms with Crippen molar-refractivity contribution >= 4 is 16.4 Å². The molecule has 0 amide bonds. The molecule has 0 rings (SSSR count). The lowest BCUT2D eigenvalue weighted by Crippen LogP contribution is -2.10. The molecular formula is C4H8O6S. The third-order valence-electron chi connectivity index (χ3n) is 0.748. The van der Waals surface area contributed by atoms with E-state index in [0.717, 1.165) is 7.11 Å². The van der Waals surface area contributed by atoms with Crippen molar-refractivity contribution in [3.63, 3.8) is 0 Å². The average molecular weight is 184 g/mol. The second kappa shape index (κ2) is 4.27.